The highest BCUT2D eigenvalue weighted by atomic mass is 16.5. The zero-order valence-corrected chi connectivity index (χ0v) is 10.8. The van der Waals surface area contributed by atoms with Gasteiger partial charge in [-0.05, 0) is 12.1 Å². The van der Waals surface area contributed by atoms with Crippen LogP contribution in [0.3, 0.4) is 0 Å². The van der Waals surface area contributed by atoms with E-state index in [0.717, 1.165) is 11.3 Å². The van der Waals surface area contributed by atoms with Crippen molar-refractivity contribution in [2.24, 2.45) is 5.41 Å². The first-order valence-corrected chi connectivity index (χ1v) is 5.55. The highest BCUT2D eigenvalue weighted by Crippen LogP contribution is 2.18. The van der Waals surface area contributed by atoms with Crippen LogP contribution in [0.5, 0.6) is 5.75 Å². The van der Waals surface area contributed by atoms with Crippen LogP contribution in [-0.4, -0.2) is 13.0 Å². The molecule has 0 radical (unpaired) electrons. The second-order valence-corrected chi connectivity index (χ2v) is 4.80. The topological polar surface area (TPSA) is 38.3 Å². The first kappa shape index (κ1) is 13.3. The molecule has 0 aliphatic rings. The number of nitrogens with one attached hydrogen (secondary N) is 1. The van der Waals surface area contributed by atoms with E-state index in [4.69, 9.17) is 4.74 Å². The molecule has 0 spiro atoms. The van der Waals surface area contributed by atoms with Crippen LogP contribution in [0.2, 0.25) is 0 Å². The van der Waals surface area contributed by atoms with Crippen molar-refractivity contribution in [2.75, 3.05) is 7.11 Å². The summed E-state index contributed by atoms with van der Waals surface area (Å²) in [6.45, 7) is 5.62. The van der Waals surface area contributed by atoms with Crippen molar-refractivity contribution < 1.29 is 9.53 Å². The molecule has 3 heteroatoms. The Morgan fingerprint density at radius 2 is 1.94 bits per heavy atom. The summed E-state index contributed by atoms with van der Waals surface area (Å²) in [5.41, 5.74) is 0.551. The van der Waals surface area contributed by atoms with E-state index in [2.05, 4.69) is 5.32 Å². The van der Waals surface area contributed by atoms with Gasteiger partial charge in [0.25, 0.3) is 0 Å². The van der Waals surface area contributed by atoms with Crippen molar-refractivity contribution in [3.63, 3.8) is 0 Å². The van der Waals surface area contributed by atoms with E-state index < -0.39 is 0 Å². The Morgan fingerprint density at radius 1 is 1.29 bits per heavy atom. The number of methoxy groups -OCH3 is 1. The Kier molecular flexibility index (Phi) is 4.32. The fourth-order valence-corrected chi connectivity index (χ4v) is 1.23. The van der Waals surface area contributed by atoms with E-state index in [9.17, 15) is 4.79 Å². The van der Waals surface area contributed by atoms with Crippen LogP contribution in [0.1, 0.15) is 26.3 Å². The second kappa shape index (κ2) is 5.53. The SMILES string of the molecule is COc1ccccc1C=CNC(=O)C(C)(C)C. The molecule has 0 bridgehead atoms. The zero-order chi connectivity index (χ0) is 12.9. The minimum absolute atomic E-state index is 0.0105. The Balaban J connectivity index is 2.69. The average molecular weight is 233 g/mol. The van der Waals surface area contributed by atoms with E-state index in [1.165, 1.54) is 0 Å². The predicted molar refractivity (Wildman–Crippen MR) is 69.6 cm³/mol. The number of hydrogen-bond donors (Lipinski definition) is 1. The largest absolute Gasteiger partial charge is 0.496 e. The molecule has 0 saturated carbocycles. The third-order valence-corrected chi connectivity index (χ3v) is 2.30. The number of carbonyl (C=O) groups is 1. The molecule has 0 atom stereocenters. The summed E-state index contributed by atoms with van der Waals surface area (Å²) in [4.78, 5) is 11.6. The molecule has 1 rings (SSSR count). The summed E-state index contributed by atoms with van der Waals surface area (Å²) in [6.07, 6.45) is 3.47. The predicted octanol–water partition coefficient (Wildman–Crippen LogP) is 2.83. The Hall–Kier alpha value is -1.77. The van der Waals surface area contributed by atoms with Crippen molar-refractivity contribution >= 4 is 12.0 Å². The molecular weight excluding hydrogens is 214 g/mol. The molecule has 17 heavy (non-hydrogen) atoms. The van der Waals surface area contributed by atoms with E-state index in [-0.39, 0.29) is 11.3 Å². The summed E-state index contributed by atoms with van der Waals surface area (Å²) in [5.74, 6) is 0.775. The molecule has 1 aromatic carbocycles. The minimum atomic E-state index is -0.384. The standard InChI is InChI=1S/C14H19NO2/c1-14(2,3)13(16)15-10-9-11-7-5-6-8-12(11)17-4/h5-10H,1-4H3,(H,15,16). The van der Waals surface area contributed by atoms with E-state index in [1.54, 1.807) is 13.3 Å². The quantitative estimate of drug-likeness (QED) is 0.871. The van der Waals surface area contributed by atoms with Gasteiger partial charge in [0.1, 0.15) is 5.75 Å². The van der Waals surface area contributed by atoms with Gasteiger partial charge in [-0.2, -0.15) is 0 Å². The zero-order valence-electron chi connectivity index (χ0n) is 10.8. The third-order valence-electron chi connectivity index (χ3n) is 2.30. The Bertz CT molecular complexity index is 416. The van der Waals surface area contributed by atoms with E-state index in [1.807, 2.05) is 51.1 Å². The van der Waals surface area contributed by atoms with Crippen LogP contribution in [0.25, 0.3) is 6.08 Å². The fraction of sp³-hybridized carbons (Fsp3) is 0.357. The van der Waals surface area contributed by atoms with Gasteiger partial charge in [-0.15, -0.1) is 0 Å². The molecule has 0 aliphatic heterocycles. The maximum atomic E-state index is 11.6. The monoisotopic (exact) mass is 233 g/mol. The fourth-order valence-electron chi connectivity index (χ4n) is 1.23. The van der Waals surface area contributed by atoms with Gasteiger partial charge in [0.2, 0.25) is 5.91 Å². The van der Waals surface area contributed by atoms with E-state index >= 15 is 0 Å². The normalized spacial score (nSPS) is 11.5. The minimum Gasteiger partial charge on any atom is -0.496 e. The Morgan fingerprint density at radius 3 is 2.53 bits per heavy atom. The maximum absolute atomic E-state index is 11.6. The number of benzene rings is 1. The van der Waals surface area contributed by atoms with Crippen molar-refractivity contribution in [1.82, 2.24) is 5.32 Å². The number of hydrogen-bond acceptors (Lipinski definition) is 2. The van der Waals surface area contributed by atoms with Gasteiger partial charge in [-0.1, -0.05) is 39.0 Å². The lowest BCUT2D eigenvalue weighted by Gasteiger charge is -2.15. The third kappa shape index (κ3) is 3.94. The van der Waals surface area contributed by atoms with Crippen LogP contribution >= 0.6 is 0 Å². The molecular formula is C14H19NO2. The van der Waals surface area contributed by atoms with Crippen LogP contribution in [0.15, 0.2) is 30.5 Å². The molecule has 0 aromatic heterocycles. The number of amides is 1. The summed E-state index contributed by atoms with van der Waals surface area (Å²) in [7, 11) is 1.63. The highest BCUT2D eigenvalue weighted by Gasteiger charge is 2.19. The first-order valence-electron chi connectivity index (χ1n) is 5.55. The smallest absolute Gasteiger partial charge is 0.229 e. The Labute approximate surface area is 102 Å². The molecule has 0 fully saturated rings. The number of para-hydroxylation sites is 1. The second-order valence-electron chi connectivity index (χ2n) is 4.80. The summed E-state index contributed by atoms with van der Waals surface area (Å²) in [6, 6.07) is 7.64. The first-order chi connectivity index (χ1) is 7.95. The molecule has 0 unspecified atom stereocenters. The number of ether oxygens (including phenoxy) is 1. The number of carbonyl (C=O) groups excluding carboxylic acids is 1. The van der Waals surface area contributed by atoms with Gasteiger partial charge < -0.3 is 10.1 Å². The molecule has 1 amide bonds. The van der Waals surface area contributed by atoms with Gasteiger partial charge in [0.15, 0.2) is 0 Å². The van der Waals surface area contributed by atoms with Gasteiger partial charge in [0, 0.05) is 17.2 Å². The van der Waals surface area contributed by atoms with Crippen LogP contribution < -0.4 is 10.1 Å². The summed E-state index contributed by atoms with van der Waals surface area (Å²) >= 11 is 0. The van der Waals surface area contributed by atoms with Crippen molar-refractivity contribution in [3.8, 4) is 5.75 Å². The van der Waals surface area contributed by atoms with Gasteiger partial charge in [0.05, 0.1) is 7.11 Å². The molecule has 1 aromatic rings. The lowest BCUT2D eigenvalue weighted by molar-refractivity contribution is -0.127. The molecule has 0 heterocycles. The summed E-state index contributed by atoms with van der Waals surface area (Å²) < 4.78 is 5.21. The maximum Gasteiger partial charge on any atom is 0.229 e. The molecule has 0 aliphatic carbocycles. The van der Waals surface area contributed by atoms with Crippen LogP contribution in [0, 0.1) is 5.41 Å². The lowest BCUT2D eigenvalue weighted by Crippen LogP contribution is -2.31. The average Bonchev–Trinajstić information content (AvgIpc) is 2.28. The van der Waals surface area contributed by atoms with Gasteiger partial charge in [-0.25, -0.2) is 0 Å². The van der Waals surface area contributed by atoms with Gasteiger partial charge in [-0.3, -0.25) is 4.79 Å². The van der Waals surface area contributed by atoms with Crippen molar-refractivity contribution in [1.29, 1.82) is 0 Å². The lowest BCUT2D eigenvalue weighted by atomic mass is 9.96. The number of rotatable bonds is 3. The van der Waals surface area contributed by atoms with Crippen LogP contribution in [-0.2, 0) is 4.79 Å². The molecule has 1 N–H and O–H groups in total. The van der Waals surface area contributed by atoms with Gasteiger partial charge >= 0.3 is 0 Å². The highest BCUT2D eigenvalue weighted by molar-refractivity contribution is 5.82. The molecule has 92 valence electrons. The van der Waals surface area contributed by atoms with Crippen molar-refractivity contribution in [3.05, 3.63) is 36.0 Å². The molecule has 0 saturated heterocycles. The summed E-state index contributed by atoms with van der Waals surface area (Å²) in [5, 5.41) is 2.75. The van der Waals surface area contributed by atoms with Crippen molar-refractivity contribution in [2.45, 2.75) is 20.8 Å². The molecule has 3 nitrogen and oxygen atoms in total. The van der Waals surface area contributed by atoms with E-state index in [0.29, 0.717) is 0 Å². The van der Waals surface area contributed by atoms with Crippen LogP contribution in [0.4, 0.5) is 0 Å².